The normalized spacial score (nSPS) is 23.2. The van der Waals surface area contributed by atoms with Crippen LogP contribution in [0.3, 0.4) is 0 Å². The predicted octanol–water partition coefficient (Wildman–Crippen LogP) is 4.90. The van der Waals surface area contributed by atoms with E-state index in [-0.39, 0.29) is 61.8 Å². The lowest BCUT2D eigenvalue weighted by atomic mass is 9.83. The number of benzene rings is 2. The minimum absolute atomic E-state index is 0.00523. The Morgan fingerprint density at radius 3 is 2.57 bits per heavy atom. The number of hydrogen-bond acceptors (Lipinski definition) is 11. The number of carbonyl (C=O) groups is 5. The second-order valence-electron chi connectivity index (χ2n) is 20.1. The summed E-state index contributed by atoms with van der Waals surface area (Å²) in [6.07, 6.45) is 5.91. The third-order valence-corrected chi connectivity index (χ3v) is 14.1. The number of esters is 1. The number of amides is 4. The maximum Gasteiger partial charge on any atom is 0.323 e. The van der Waals surface area contributed by atoms with Gasteiger partial charge in [0.2, 0.25) is 23.6 Å². The number of nitrogens with one attached hydrogen (secondary N) is 4. The third kappa shape index (κ3) is 11.6. The first kappa shape index (κ1) is 51.0. The zero-order valence-electron chi connectivity index (χ0n) is 41.7. The number of cyclic esters (lactones) is 1. The van der Waals surface area contributed by atoms with Gasteiger partial charge in [-0.25, -0.2) is 0 Å². The number of ether oxygens (including phenoxy) is 2. The van der Waals surface area contributed by atoms with E-state index in [4.69, 9.17) is 14.5 Å². The summed E-state index contributed by atoms with van der Waals surface area (Å²) < 4.78 is 14.3. The molecule has 7 rings (SSSR count). The first-order chi connectivity index (χ1) is 32.9. The Morgan fingerprint density at radius 2 is 1.87 bits per heavy atom. The highest BCUT2D eigenvalue weighted by Gasteiger charge is 2.40. The molecule has 16 nitrogen and oxygen atoms in total. The van der Waals surface area contributed by atoms with Crippen LogP contribution in [0.5, 0.6) is 5.75 Å². The topological polar surface area (TPSA) is 206 Å². The van der Waals surface area contributed by atoms with Gasteiger partial charge in [-0.15, -0.1) is 0 Å². The number of likely N-dealkylation sites (N-methyl/N-ethyl adjacent to an activating group) is 2. The van der Waals surface area contributed by atoms with Crippen molar-refractivity contribution in [2.24, 2.45) is 16.3 Å². The molecule has 0 saturated carbocycles. The molecule has 0 radical (unpaired) electrons. The van der Waals surface area contributed by atoms with Crippen molar-refractivity contribution in [3.63, 3.8) is 0 Å². The number of phenols is 1. The van der Waals surface area contributed by atoms with Gasteiger partial charge in [0.25, 0.3) is 0 Å². The molecule has 4 aliphatic rings. The molecule has 4 amide bonds. The Morgan fingerprint density at radius 1 is 1.10 bits per heavy atom. The number of aromatic hydroxyl groups is 1. The summed E-state index contributed by atoms with van der Waals surface area (Å²) in [7, 11) is 4.96. The van der Waals surface area contributed by atoms with Crippen LogP contribution in [0.4, 0.5) is 0 Å². The molecule has 0 spiro atoms. The number of hydrogen-bond donors (Lipinski definition) is 5. The van der Waals surface area contributed by atoms with E-state index in [0.717, 1.165) is 51.8 Å². The van der Waals surface area contributed by atoms with Gasteiger partial charge in [0.15, 0.2) is 0 Å². The van der Waals surface area contributed by atoms with Crippen LogP contribution in [0.1, 0.15) is 90.0 Å². The summed E-state index contributed by atoms with van der Waals surface area (Å²) in [4.78, 5) is 77.3. The molecule has 16 heteroatoms. The number of aliphatic imine (C=N–C) groups is 1. The molecule has 372 valence electrons. The van der Waals surface area contributed by atoms with Crippen molar-refractivity contribution < 1.29 is 38.6 Å². The molecule has 2 fully saturated rings. The highest BCUT2D eigenvalue weighted by Crippen LogP contribution is 2.42. The van der Waals surface area contributed by atoms with Crippen molar-refractivity contribution in [1.29, 1.82) is 0 Å². The molecular formula is C53H72N8O8. The Kier molecular flexibility index (Phi) is 16.2. The fraction of sp³-hybridized carbons (Fsp3) is 0.547. The Bertz CT molecular complexity index is 2520. The molecule has 4 bridgehead atoms. The van der Waals surface area contributed by atoms with Gasteiger partial charge in [0.05, 0.1) is 36.1 Å². The van der Waals surface area contributed by atoms with Gasteiger partial charge in [-0.2, -0.15) is 0 Å². The Hall–Kier alpha value is -5.84. The maximum absolute atomic E-state index is 14.4. The van der Waals surface area contributed by atoms with Gasteiger partial charge < -0.3 is 50.2 Å². The minimum atomic E-state index is -1.13. The summed E-state index contributed by atoms with van der Waals surface area (Å²) >= 11 is 0. The molecule has 2 aromatic carbocycles. The maximum atomic E-state index is 14.4. The average molecular weight is 949 g/mol. The molecule has 3 aromatic rings. The van der Waals surface area contributed by atoms with E-state index < -0.39 is 41.3 Å². The predicted molar refractivity (Wildman–Crippen MR) is 267 cm³/mol. The Labute approximate surface area is 406 Å². The number of aromatic nitrogens is 1. The van der Waals surface area contributed by atoms with Crippen LogP contribution in [0.2, 0.25) is 0 Å². The summed E-state index contributed by atoms with van der Waals surface area (Å²) in [6.45, 7) is 16.6. The lowest BCUT2D eigenvalue weighted by Crippen LogP contribution is -2.56. The number of likely N-dealkylation sites (tertiary alicyclic amines) is 1. The van der Waals surface area contributed by atoms with E-state index in [0.29, 0.717) is 68.4 Å². The zero-order chi connectivity index (χ0) is 49.7. The molecule has 69 heavy (non-hydrogen) atoms. The number of allylic oxidation sites excluding steroid dienone is 1. The fourth-order valence-corrected chi connectivity index (χ4v) is 10.3. The third-order valence-electron chi connectivity index (χ3n) is 14.1. The van der Waals surface area contributed by atoms with Crippen LogP contribution in [-0.4, -0.2) is 140 Å². The van der Waals surface area contributed by atoms with Gasteiger partial charge in [0, 0.05) is 81.4 Å². The highest BCUT2D eigenvalue weighted by molar-refractivity contribution is 5.96. The van der Waals surface area contributed by atoms with Crippen LogP contribution < -0.4 is 21.3 Å². The number of nitrogens with zero attached hydrogens (tertiary/aromatic N) is 4. The molecule has 1 aromatic heterocycles. The van der Waals surface area contributed by atoms with Crippen molar-refractivity contribution in [2.75, 3.05) is 54.0 Å². The number of rotatable bonds is 11. The molecule has 4 aliphatic heterocycles. The molecular weight excluding hydrogens is 877 g/mol. The SMILES string of the molecule is C=C(C)[C@@H](C(=O)N[C@H]1Cc2cc(O)cc(c2)-c2ccc3c(c2)c(c(C2=C([C@H](C)OC)N=CCC2)n3CC)CC(C)(C)COC(=O)[C@@H](NC)CCCNC1=O)N(C)C(=O)[C@H]1CCCN(C(=O)[C@H]2CN2)C1. The summed E-state index contributed by atoms with van der Waals surface area (Å²) in [6, 6.07) is 8.42. The monoisotopic (exact) mass is 949 g/mol. The van der Waals surface area contributed by atoms with E-state index in [1.54, 1.807) is 45.2 Å². The molecule has 0 aliphatic carbocycles. The summed E-state index contributed by atoms with van der Waals surface area (Å²) in [5, 5.41) is 24.4. The number of fused-ring (bicyclic) bond motifs is 4. The second-order valence-corrected chi connectivity index (χ2v) is 20.1. The number of methoxy groups -OCH3 is 1. The van der Waals surface area contributed by atoms with Crippen molar-refractivity contribution in [3.8, 4) is 16.9 Å². The quantitative estimate of drug-likeness (QED) is 0.1000. The first-order valence-electron chi connectivity index (χ1n) is 24.6. The standard InChI is InChI=1S/C53H72N8O8/c1-10-61-44-18-17-34-26-39(44)40(47(61)38-15-11-19-55-45(38)32(4)68-9)27-53(5,6)30-69-52(67)41(54-7)16-12-20-56-48(63)42(24-33-22-36(34)25-37(62)23-33)58-49(64)46(31(2)3)59(8)50(65)35-14-13-21-60(29-35)51(66)43-28-57-43/h17-19,22-23,25-26,32,35,41-43,46,54,57,62H,2,10-16,20-21,24,27-30H2,1,3-9H3,(H,56,63)(H,58,64)/t32-,35-,41-,42-,43+,46-/m0/s1. The molecule has 2 saturated heterocycles. The summed E-state index contributed by atoms with van der Waals surface area (Å²) in [5.74, 6) is -2.24. The summed E-state index contributed by atoms with van der Waals surface area (Å²) in [5.41, 5.74) is 7.28. The number of carbonyl (C=O) groups excluding carboxylic acids is 5. The van der Waals surface area contributed by atoms with Crippen molar-refractivity contribution in [2.45, 2.75) is 123 Å². The lowest BCUT2D eigenvalue weighted by Gasteiger charge is -2.36. The minimum Gasteiger partial charge on any atom is -0.508 e. The van der Waals surface area contributed by atoms with Gasteiger partial charge in [-0.1, -0.05) is 32.6 Å². The van der Waals surface area contributed by atoms with Crippen molar-refractivity contribution >= 4 is 52.3 Å². The van der Waals surface area contributed by atoms with E-state index in [2.05, 4.69) is 65.3 Å². The average Bonchev–Trinajstić information content (AvgIpc) is 4.14. The Balaban J connectivity index is 1.27. The molecule has 5 N–H and O–H groups in total. The smallest absolute Gasteiger partial charge is 0.323 e. The van der Waals surface area contributed by atoms with Gasteiger partial charge in [-0.05, 0) is 125 Å². The van der Waals surface area contributed by atoms with Crippen LogP contribution >= 0.6 is 0 Å². The number of piperidine rings is 1. The second kappa shape index (κ2) is 21.8. The largest absolute Gasteiger partial charge is 0.508 e. The van der Waals surface area contributed by atoms with E-state index >= 15 is 0 Å². The first-order valence-corrected chi connectivity index (χ1v) is 24.6. The van der Waals surface area contributed by atoms with Crippen LogP contribution in [0.25, 0.3) is 27.6 Å². The van der Waals surface area contributed by atoms with Crippen LogP contribution in [0.15, 0.2) is 59.2 Å². The van der Waals surface area contributed by atoms with Crippen LogP contribution in [-0.2, 0) is 52.8 Å². The van der Waals surface area contributed by atoms with E-state index in [1.807, 2.05) is 25.3 Å². The van der Waals surface area contributed by atoms with Gasteiger partial charge in [0.1, 0.15) is 23.9 Å². The molecule has 5 heterocycles. The number of phenolic OH excluding ortho intramolecular Hbond substituents is 1. The highest BCUT2D eigenvalue weighted by atomic mass is 16.5. The van der Waals surface area contributed by atoms with E-state index in [1.165, 1.54) is 4.90 Å². The van der Waals surface area contributed by atoms with E-state index in [9.17, 15) is 29.1 Å². The lowest BCUT2D eigenvalue weighted by molar-refractivity contribution is -0.149. The van der Waals surface area contributed by atoms with Crippen molar-refractivity contribution in [3.05, 3.63) is 71.1 Å². The zero-order valence-corrected chi connectivity index (χ0v) is 41.7. The molecule has 0 unspecified atom stereocenters. The fourth-order valence-electron chi connectivity index (χ4n) is 10.3. The number of aryl methyl sites for hydroxylation is 1. The van der Waals surface area contributed by atoms with Gasteiger partial charge in [-0.3, -0.25) is 29.0 Å². The van der Waals surface area contributed by atoms with Crippen molar-refractivity contribution in [1.82, 2.24) is 35.6 Å². The van der Waals surface area contributed by atoms with Gasteiger partial charge >= 0.3 is 5.97 Å². The van der Waals surface area contributed by atoms with Crippen LogP contribution in [0, 0.1) is 11.3 Å². The molecule has 6 atom stereocenters.